The van der Waals surface area contributed by atoms with Crippen molar-refractivity contribution in [2.24, 2.45) is 0 Å². The first-order valence-corrected chi connectivity index (χ1v) is 9.86. The van der Waals surface area contributed by atoms with Gasteiger partial charge in [0.25, 0.3) is 11.1 Å². The molecule has 2 aromatic carbocycles. The standard InChI is InChI=1S/C21H16F3NO5S/c1-2-16(19(27)28)30-15-8-3-5-12(9-15)10-17-18(26)25(20(29)31-17)14-7-4-6-13(11-14)21(22,23)24/h3-11,16H,2H2,1H3,(H,27,28)/b17-10+. The fraction of sp³-hybridized carbons (Fsp3) is 0.190. The maximum absolute atomic E-state index is 13.0. The molecule has 1 fully saturated rings. The third-order valence-electron chi connectivity index (χ3n) is 4.31. The molecule has 10 heteroatoms. The Labute approximate surface area is 179 Å². The highest BCUT2D eigenvalue weighted by molar-refractivity contribution is 8.19. The van der Waals surface area contributed by atoms with Crippen LogP contribution in [-0.2, 0) is 15.8 Å². The molecule has 1 aliphatic heterocycles. The number of alkyl halides is 3. The number of carboxylic acids is 1. The molecule has 31 heavy (non-hydrogen) atoms. The van der Waals surface area contributed by atoms with E-state index in [1.54, 1.807) is 25.1 Å². The van der Waals surface area contributed by atoms with E-state index in [0.717, 1.165) is 18.2 Å². The molecule has 2 aromatic rings. The third-order valence-corrected chi connectivity index (χ3v) is 5.18. The van der Waals surface area contributed by atoms with Crippen LogP contribution in [0.25, 0.3) is 6.08 Å². The molecule has 0 aromatic heterocycles. The summed E-state index contributed by atoms with van der Waals surface area (Å²) in [4.78, 5) is 36.9. The molecular formula is C21H16F3NO5S. The number of aliphatic carboxylic acids is 1. The van der Waals surface area contributed by atoms with E-state index in [2.05, 4.69) is 0 Å². The lowest BCUT2D eigenvalue weighted by Crippen LogP contribution is -2.28. The second-order valence-electron chi connectivity index (χ2n) is 6.49. The summed E-state index contributed by atoms with van der Waals surface area (Å²) in [6.07, 6.45) is -4.01. The Kier molecular flexibility index (Phi) is 6.40. The number of hydrogen-bond acceptors (Lipinski definition) is 5. The van der Waals surface area contributed by atoms with Crippen molar-refractivity contribution in [3.63, 3.8) is 0 Å². The zero-order chi connectivity index (χ0) is 22.8. The molecule has 0 saturated carbocycles. The summed E-state index contributed by atoms with van der Waals surface area (Å²) < 4.78 is 44.3. The van der Waals surface area contributed by atoms with Gasteiger partial charge in [-0.15, -0.1) is 0 Å². The molecule has 1 heterocycles. The topological polar surface area (TPSA) is 83.9 Å². The molecule has 1 N–H and O–H groups in total. The molecule has 0 aliphatic carbocycles. The van der Waals surface area contributed by atoms with Crippen molar-refractivity contribution >= 4 is 40.6 Å². The van der Waals surface area contributed by atoms with Gasteiger partial charge in [0.2, 0.25) is 0 Å². The van der Waals surface area contributed by atoms with Crippen LogP contribution in [0.1, 0.15) is 24.5 Å². The summed E-state index contributed by atoms with van der Waals surface area (Å²) in [5.74, 6) is -1.60. The lowest BCUT2D eigenvalue weighted by molar-refractivity contribution is -0.145. The van der Waals surface area contributed by atoms with Crippen molar-refractivity contribution in [2.75, 3.05) is 4.90 Å². The van der Waals surface area contributed by atoms with Gasteiger partial charge in [-0.3, -0.25) is 9.59 Å². The number of hydrogen-bond donors (Lipinski definition) is 1. The smallest absolute Gasteiger partial charge is 0.416 e. The number of amides is 2. The molecule has 0 spiro atoms. The van der Waals surface area contributed by atoms with Crippen molar-refractivity contribution in [3.8, 4) is 5.75 Å². The monoisotopic (exact) mass is 451 g/mol. The minimum atomic E-state index is -4.61. The number of ether oxygens (including phenoxy) is 1. The number of nitrogens with zero attached hydrogens (tertiary/aromatic N) is 1. The van der Waals surface area contributed by atoms with Crippen LogP contribution in [0.15, 0.2) is 53.4 Å². The maximum Gasteiger partial charge on any atom is 0.416 e. The predicted octanol–water partition coefficient (Wildman–Crippen LogP) is 5.19. The fourth-order valence-electron chi connectivity index (χ4n) is 2.81. The normalized spacial score (nSPS) is 16.6. The van der Waals surface area contributed by atoms with Crippen LogP contribution in [0, 0.1) is 0 Å². The number of carbonyl (C=O) groups excluding carboxylic acids is 2. The first kappa shape index (κ1) is 22.4. The molecule has 1 unspecified atom stereocenters. The van der Waals surface area contributed by atoms with Gasteiger partial charge in [0.05, 0.1) is 16.2 Å². The minimum absolute atomic E-state index is 0.0184. The Hall–Kier alpha value is -3.27. The van der Waals surface area contributed by atoms with Gasteiger partial charge < -0.3 is 9.84 Å². The Morgan fingerprint density at radius 3 is 2.55 bits per heavy atom. The van der Waals surface area contributed by atoms with Gasteiger partial charge in [0.1, 0.15) is 5.75 Å². The van der Waals surface area contributed by atoms with E-state index in [1.807, 2.05) is 0 Å². The summed E-state index contributed by atoms with van der Waals surface area (Å²) >= 11 is 0.596. The summed E-state index contributed by atoms with van der Waals surface area (Å²) in [7, 11) is 0. The number of imide groups is 1. The van der Waals surface area contributed by atoms with Crippen LogP contribution >= 0.6 is 11.8 Å². The predicted molar refractivity (Wildman–Crippen MR) is 109 cm³/mol. The van der Waals surface area contributed by atoms with Crippen LogP contribution < -0.4 is 9.64 Å². The van der Waals surface area contributed by atoms with Crippen molar-refractivity contribution in [1.29, 1.82) is 0 Å². The van der Waals surface area contributed by atoms with E-state index in [0.29, 0.717) is 22.2 Å². The van der Waals surface area contributed by atoms with Crippen LogP contribution in [0.2, 0.25) is 0 Å². The largest absolute Gasteiger partial charge is 0.479 e. The average molecular weight is 451 g/mol. The first-order valence-electron chi connectivity index (χ1n) is 9.05. The quantitative estimate of drug-likeness (QED) is 0.609. The first-order chi connectivity index (χ1) is 14.6. The number of rotatable bonds is 6. The van der Waals surface area contributed by atoms with Crippen LogP contribution in [0.5, 0.6) is 5.75 Å². The summed E-state index contributed by atoms with van der Waals surface area (Å²) in [6.45, 7) is 1.66. The van der Waals surface area contributed by atoms with Gasteiger partial charge in [0.15, 0.2) is 6.10 Å². The van der Waals surface area contributed by atoms with E-state index in [9.17, 15) is 27.6 Å². The zero-order valence-corrected chi connectivity index (χ0v) is 16.9. The van der Waals surface area contributed by atoms with E-state index in [4.69, 9.17) is 9.84 Å². The van der Waals surface area contributed by atoms with E-state index in [-0.39, 0.29) is 22.8 Å². The fourth-order valence-corrected chi connectivity index (χ4v) is 3.65. The molecule has 0 radical (unpaired) electrons. The number of carboxylic acid groups (broad SMARTS) is 1. The molecular weight excluding hydrogens is 435 g/mol. The van der Waals surface area contributed by atoms with E-state index >= 15 is 0 Å². The third kappa shape index (κ3) is 5.08. The Morgan fingerprint density at radius 1 is 1.19 bits per heavy atom. The number of anilines is 1. The van der Waals surface area contributed by atoms with Gasteiger partial charge in [-0.1, -0.05) is 25.1 Å². The zero-order valence-electron chi connectivity index (χ0n) is 16.1. The van der Waals surface area contributed by atoms with E-state index < -0.39 is 35.0 Å². The second kappa shape index (κ2) is 8.84. The van der Waals surface area contributed by atoms with E-state index in [1.165, 1.54) is 18.2 Å². The van der Waals surface area contributed by atoms with Crippen LogP contribution in [-0.4, -0.2) is 28.3 Å². The van der Waals surface area contributed by atoms with Crippen molar-refractivity contribution in [3.05, 3.63) is 64.6 Å². The van der Waals surface area contributed by atoms with Crippen molar-refractivity contribution in [1.82, 2.24) is 0 Å². The molecule has 3 rings (SSSR count). The summed E-state index contributed by atoms with van der Waals surface area (Å²) in [5.41, 5.74) is -0.681. The molecule has 2 amide bonds. The molecule has 0 bridgehead atoms. The van der Waals surface area contributed by atoms with Gasteiger partial charge in [-0.2, -0.15) is 13.2 Å². The highest BCUT2D eigenvalue weighted by atomic mass is 32.2. The van der Waals surface area contributed by atoms with Gasteiger partial charge >= 0.3 is 12.1 Å². The second-order valence-corrected chi connectivity index (χ2v) is 7.48. The number of halogens is 3. The van der Waals surface area contributed by atoms with Crippen molar-refractivity contribution in [2.45, 2.75) is 25.6 Å². The minimum Gasteiger partial charge on any atom is -0.479 e. The molecule has 1 aliphatic rings. The van der Waals surface area contributed by atoms with Crippen molar-refractivity contribution < 1.29 is 37.4 Å². The average Bonchev–Trinajstić information content (AvgIpc) is 2.98. The SMILES string of the molecule is CCC(Oc1cccc(/C=C2/SC(=O)N(c3cccc(C(F)(F)F)c3)C2=O)c1)C(=O)O. The Balaban J connectivity index is 1.86. The van der Waals surface area contributed by atoms with Crippen LogP contribution in [0.3, 0.4) is 0 Å². The van der Waals surface area contributed by atoms with Gasteiger partial charge in [-0.05, 0) is 60.2 Å². The lowest BCUT2D eigenvalue weighted by atomic mass is 10.1. The molecule has 162 valence electrons. The lowest BCUT2D eigenvalue weighted by Gasteiger charge is -2.15. The Morgan fingerprint density at radius 2 is 1.90 bits per heavy atom. The Bertz CT molecular complexity index is 1070. The van der Waals surface area contributed by atoms with Crippen LogP contribution in [0.4, 0.5) is 23.7 Å². The maximum atomic E-state index is 13.0. The summed E-state index contributed by atoms with van der Waals surface area (Å²) in [6, 6.07) is 10.2. The summed E-state index contributed by atoms with van der Waals surface area (Å²) in [5, 5.41) is 8.38. The molecule has 1 saturated heterocycles. The number of thioether (sulfide) groups is 1. The molecule has 1 atom stereocenters. The van der Waals surface area contributed by atoms with Gasteiger partial charge in [-0.25, -0.2) is 9.69 Å². The number of benzene rings is 2. The highest BCUT2D eigenvalue weighted by Crippen LogP contribution is 2.38. The van der Waals surface area contributed by atoms with Gasteiger partial charge in [0, 0.05) is 0 Å². The number of carbonyl (C=O) groups is 3. The molecule has 6 nitrogen and oxygen atoms in total. The highest BCUT2D eigenvalue weighted by Gasteiger charge is 2.38.